The van der Waals surface area contributed by atoms with Gasteiger partial charge in [-0.1, -0.05) is 13.3 Å². The Morgan fingerprint density at radius 2 is 2.28 bits per heavy atom. The summed E-state index contributed by atoms with van der Waals surface area (Å²) in [5.74, 6) is -0.643. The maximum Gasteiger partial charge on any atom is 0.239 e. The van der Waals surface area contributed by atoms with Crippen LogP contribution in [0.25, 0.3) is 0 Å². The number of amides is 2. The van der Waals surface area contributed by atoms with Crippen molar-refractivity contribution in [3.05, 3.63) is 12.4 Å². The molecule has 2 amide bonds. The summed E-state index contributed by atoms with van der Waals surface area (Å²) in [4.78, 5) is 22.3. The van der Waals surface area contributed by atoms with Crippen LogP contribution in [-0.4, -0.2) is 27.6 Å². The van der Waals surface area contributed by atoms with Gasteiger partial charge in [0.15, 0.2) is 0 Å². The Morgan fingerprint density at radius 3 is 2.89 bits per heavy atom. The second kappa shape index (κ2) is 6.75. The lowest BCUT2D eigenvalue weighted by molar-refractivity contribution is -0.119. The fourth-order valence-corrected chi connectivity index (χ4v) is 1.60. The number of carbonyl (C=O) groups excluding carboxylic acids is 2. The van der Waals surface area contributed by atoms with Crippen LogP contribution in [0.5, 0.6) is 0 Å². The molecule has 5 N–H and O–H groups in total. The van der Waals surface area contributed by atoms with Crippen LogP contribution in [0.4, 0.5) is 5.69 Å². The molecule has 7 heteroatoms. The number of primary amides is 1. The van der Waals surface area contributed by atoms with Gasteiger partial charge >= 0.3 is 0 Å². The molecule has 0 saturated carbocycles. The Labute approximate surface area is 106 Å². The number of anilines is 1. The van der Waals surface area contributed by atoms with Gasteiger partial charge in [0.05, 0.1) is 11.9 Å². The van der Waals surface area contributed by atoms with Gasteiger partial charge in [-0.3, -0.25) is 14.3 Å². The van der Waals surface area contributed by atoms with Crippen molar-refractivity contribution >= 4 is 17.5 Å². The zero-order chi connectivity index (χ0) is 13.5. The van der Waals surface area contributed by atoms with Crippen LogP contribution in [0.3, 0.4) is 0 Å². The maximum atomic E-state index is 11.6. The molecule has 1 aromatic rings. The normalized spacial score (nSPS) is 12.1. The molecule has 7 nitrogen and oxygen atoms in total. The summed E-state index contributed by atoms with van der Waals surface area (Å²) in [5.41, 5.74) is 11.3. The summed E-state index contributed by atoms with van der Waals surface area (Å²) in [6, 6.07) is -0.129. The molecule has 18 heavy (non-hydrogen) atoms. The quantitative estimate of drug-likeness (QED) is 0.625. The minimum absolute atomic E-state index is 0.00871. The molecule has 100 valence electrons. The highest BCUT2D eigenvalue weighted by Crippen LogP contribution is 2.07. The van der Waals surface area contributed by atoms with Crippen molar-refractivity contribution in [2.75, 3.05) is 5.32 Å². The molecule has 0 aromatic carbocycles. The van der Waals surface area contributed by atoms with Crippen LogP contribution in [-0.2, 0) is 16.1 Å². The Bertz CT molecular complexity index is 415. The highest BCUT2D eigenvalue weighted by atomic mass is 16.2. The van der Waals surface area contributed by atoms with E-state index in [4.69, 9.17) is 11.5 Å². The number of nitrogens with zero attached hydrogens (tertiary/aromatic N) is 2. The van der Waals surface area contributed by atoms with Crippen LogP contribution in [0.2, 0.25) is 0 Å². The molecule has 0 radical (unpaired) electrons. The highest BCUT2D eigenvalue weighted by molar-refractivity contribution is 5.90. The zero-order valence-electron chi connectivity index (χ0n) is 10.4. The third kappa shape index (κ3) is 4.96. The number of hydrogen-bond donors (Lipinski definition) is 3. The van der Waals surface area contributed by atoms with Crippen LogP contribution in [0.1, 0.15) is 26.2 Å². The summed E-state index contributed by atoms with van der Waals surface area (Å²) >= 11 is 0. The smallest absolute Gasteiger partial charge is 0.239 e. The fourth-order valence-electron chi connectivity index (χ4n) is 1.60. The molecule has 0 fully saturated rings. The van der Waals surface area contributed by atoms with Crippen molar-refractivity contribution in [2.24, 2.45) is 11.5 Å². The maximum absolute atomic E-state index is 11.6. The number of nitrogens with two attached hydrogens (primary N) is 2. The van der Waals surface area contributed by atoms with Crippen molar-refractivity contribution in [3.8, 4) is 0 Å². The molecule has 0 spiro atoms. The van der Waals surface area contributed by atoms with Gasteiger partial charge in [0.1, 0.15) is 6.54 Å². The first kappa shape index (κ1) is 14.2. The minimum atomic E-state index is -0.485. The van der Waals surface area contributed by atoms with Crippen molar-refractivity contribution in [1.29, 1.82) is 0 Å². The Morgan fingerprint density at radius 1 is 1.56 bits per heavy atom. The van der Waals surface area contributed by atoms with E-state index >= 15 is 0 Å². The predicted octanol–water partition coefficient (Wildman–Crippen LogP) is -0.176. The molecule has 1 heterocycles. The largest absolute Gasteiger partial charge is 0.368 e. The summed E-state index contributed by atoms with van der Waals surface area (Å²) in [5, 5.41) is 6.57. The van der Waals surface area contributed by atoms with E-state index in [1.54, 1.807) is 6.20 Å². The lowest BCUT2D eigenvalue weighted by Crippen LogP contribution is -2.26. The molecule has 0 saturated heterocycles. The van der Waals surface area contributed by atoms with Crippen molar-refractivity contribution in [2.45, 2.75) is 38.8 Å². The van der Waals surface area contributed by atoms with Crippen LogP contribution < -0.4 is 16.8 Å². The van der Waals surface area contributed by atoms with E-state index in [-0.39, 0.29) is 24.9 Å². The molecule has 0 aliphatic carbocycles. The number of nitrogens with one attached hydrogen (secondary N) is 1. The molecular formula is C11H19N5O2. The third-order valence-electron chi connectivity index (χ3n) is 2.34. The highest BCUT2D eigenvalue weighted by Gasteiger charge is 2.10. The lowest BCUT2D eigenvalue weighted by atomic mass is 10.1. The third-order valence-corrected chi connectivity index (χ3v) is 2.34. The zero-order valence-corrected chi connectivity index (χ0v) is 10.4. The number of hydrogen-bond acceptors (Lipinski definition) is 4. The molecule has 1 unspecified atom stereocenters. The molecule has 0 bridgehead atoms. The lowest BCUT2D eigenvalue weighted by Gasteiger charge is -2.09. The SMILES string of the molecule is CCCC(N)CC(=O)Nc1cnn(CC(N)=O)c1. The van der Waals surface area contributed by atoms with E-state index in [0.29, 0.717) is 5.69 Å². The Balaban J connectivity index is 2.44. The van der Waals surface area contributed by atoms with E-state index in [1.807, 2.05) is 6.92 Å². The van der Waals surface area contributed by atoms with E-state index in [1.165, 1.54) is 10.9 Å². The molecule has 0 aliphatic heterocycles. The van der Waals surface area contributed by atoms with Gasteiger partial charge in [0.25, 0.3) is 0 Å². The molecule has 1 atom stereocenters. The van der Waals surface area contributed by atoms with Crippen molar-refractivity contribution in [3.63, 3.8) is 0 Å². The summed E-state index contributed by atoms with van der Waals surface area (Å²) in [7, 11) is 0. The van der Waals surface area contributed by atoms with E-state index in [2.05, 4.69) is 10.4 Å². The van der Waals surface area contributed by atoms with Gasteiger partial charge in [-0.05, 0) is 6.42 Å². The summed E-state index contributed by atoms with van der Waals surface area (Å²) in [6.07, 6.45) is 5.05. The van der Waals surface area contributed by atoms with Gasteiger partial charge in [-0.25, -0.2) is 0 Å². The van der Waals surface area contributed by atoms with E-state index in [9.17, 15) is 9.59 Å². The summed E-state index contributed by atoms with van der Waals surface area (Å²) < 4.78 is 1.36. The number of aromatic nitrogens is 2. The van der Waals surface area contributed by atoms with Gasteiger partial charge < -0.3 is 16.8 Å². The van der Waals surface area contributed by atoms with Gasteiger partial charge in [0.2, 0.25) is 11.8 Å². The number of rotatable bonds is 7. The molecular weight excluding hydrogens is 234 g/mol. The number of carbonyl (C=O) groups is 2. The average molecular weight is 253 g/mol. The first-order valence-corrected chi connectivity index (χ1v) is 5.87. The standard InChI is InChI=1S/C11H19N5O2/c1-2-3-8(12)4-11(18)15-9-5-14-16(6-9)7-10(13)17/h5-6,8H,2-4,7,12H2,1H3,(H2,13,17)(H,15,18). The van der Waals surface area contributed by atoms with Crippen molar-refractivity contribution < 1.29 is 9.59 Å². The van der Waals surface area contributed by atoms with Gasteiger partial charge in [-0.15, -0.1) is 0 Å². The Hall–Kier alpha value is -1.89. The molecule has 1 aromatic heterocycles. The monoisotopic (exact) mass is 253 g/mol. The molecule has 1 rings (SSSR count). The predicted molar refractivity (Wildman–Crippen MR) is 67.6 cm³/mol. The first-order chi connectivity index (χ1) is 8.51. The van der Waals surface area contributed by atoms with Crippen LogP contribution >= 0.6 is 0 Å². The Kier molecular flexibility index (Phi) is 5.31. The van der Waals surface area contributed by atoms with Gasteiger partial charge in [-0.2, -0.15) is 5.10 Å². The minimum Gasteiger partial charge on any atom is -0.368 e. The first-order valence-electron chi connectivity index (χ1n) is 5.87. The van der Waals surface area contributed by atoms with E-state index < -0.39 is 5.91 Å². The molecule has 0 aliphatic rings. The van der Waals surface area contributed by atoms with Crippen LogP contribution in [0, 0.1) is 0 Å². The van der Waals surface area contributed by atoms with Crippen LogP contribution in [0.15, 0.2) is 12.4 Å². The second-order valence-corrected chi connectivity index (χ2v) is 4.19. The summed E-state index contributed by atoms with van der Waals surface area (Å²) in [6.45, 7) is 2.01. The van der Waals surface area contributed by atoms with Gasteiger partial charge in [0, 0.05) is 18.7 Å². The topological polar surface area (TPSA) is 116 Å². The van der Waals surface area contributed by atoms with Crippen molar-refractivity contribution in [1.82, 2.24) is 9.78 Å². The van der Waals surface area contributed by atoms with E-state index in [0.717, 1.165) is 12.8 Å². The fraction of sp³-hybridized carbons (Fsp3) is 0.545. The second-order valence-electron chi connectivity index (χ2n) is 4.19. The average Bonchev–Trinajstić information content (AvgIpc) is 2.64.